The fraction of sp³-hybridized carbons (Fsp3) is 0.462. The Labute approximate surface area is 110 Å². The average molecular weight is 261 g/mol. The van der Waals surface area contributed by atoms with Crippen LogP contribution in [0.4, 0.5) is 0 Å². The van der Waals surface area contributed by atoms with Crippen molar-refractivity contribution in [3.63, 3.8) is 0 Å². The van der Waals surface area contributed by atoms with Gasteiger partial charge in [0.25, 0.3) is 0 Å². The Balaban J connectivity index is 1.74. The highest BCUT2D eigenvalue weighted by molar-refractivity contribution is 5.92. The topological polar surface area (TPSA) is 77.2 Å². The Kier molecular flexibility index (Phi) is 3.16. The van der Waals surface area contributed by atoms with Gasteiger partial charge >= 0.3 is 5.97 Å². The van der Waals surface area contributed by atoms with Crippen molar-refractivity contribution in [1.82, 2.24) is 15.0 Å². The molecule has 3 rings (SSSR count). The van der Waals surface area contributed by atoms with Crippen LogP contribution in [-0.4, -0.2) is 38.8 Å². The highest BCUT2D eigenvalue weighted by Gasteiger charge is 2.17. The zero-order chi connectivity index (χ0) is 13.2. The Bertz CT molecular complexity index is 604. The average Bonchev–Trinajstić information content (AvgIpc) is 2.74. The minimum Gasteiger partial charge on any atom is -0.478 e. The van der Waals surface area contributed by atoms with Crippen LogP contribution in [0, 0.1) is 0 Å². The second-order valence-corrected chi connectivity index (χ2v) is 4.74. The fourth-order valence-corrected chi connectivity index (χ4v) is 2.11. The molecule has 0 spiro atoms. The monoisotopic (exact) mass is 261 g/mol. The molecule has 0 saturated heterocycles. The van der Waals surface area contributed by atoms with E-state index in [1.807, 2.05) is 0 Å². The van der Waals surface area contributed by atoms with Crippen LogP contribution in [-0.2, 0) is 11.3 Å². The Morgan fingerprint density at radius 1 is 1.47 bits per heavy atom. The zero-order valence-electron chi connectivity index (χ0n) is 10.5. The number of hydrogen-bond acceptors (Lipinski definition) is 4. The van der Waals surface area contributed by atoms with E-state index in [0.29, 0.717) is 24.8 Å². The molecule has 19 heavy (non-hydrogen) atoms. The first-order valence-corrected chi connectivity index (χ1v) is 6.42. The Morgan fingerprint density at radius 3 is 3.00 bits per heavy atom. The molecule has 0 atom stereocenters. The van der Waals surface area contributed by atoms with Crippen molar-refractivity contribution < 1.29 is 14.6 Å². The highest BCUT2D eigenvalue weighted by Crippen LogP contribution is 2.21. The molecule has 0 aliphatic heterocycles. The third-order valence-electron chi connectivity index (χ3n) is 3.47. The molecule has 1 aliphatic rings. The zero-order valence-corrected chi connectivity index (χ0v) is 10.5. The van der Waals surface area contributed by atoms with E-state index < -0.39 is 5.97 Å². The molecule has 0 bridgehead atoms. The van der Waals surface area contributed by atoms with E-state index >= 15 is 0 Å². The van der Waals surface area contributed by atoms with Gasteiger partial charge in [0.05, 0.1) is 30.3 Å². The number of aromatic carboxylic acids is 1. The molecule has 1 saturated carbocycles. The van der Waals surface area contributed by atoms with Gasteiger partial charge < -0.3 is 9.84 Å². The van der Waals surface area contributed by atoms with Crippen molar-refractivity contribution in [3.05, 3.63) is 23.8 Å². The Hall–Kier alpha value is -1.95. The quantitative estimate of drug-likeness (QED) is 0.886. The second kappa shape index (κ2) is 4.97. The maximum Gasteiger partial charge on any atom is 0.335 e. The summed E-state index contributed by atoms with van der Waals surface area (Å²) in [4.78, 5) is 11.0. The van der Waals surface area contributed by atoms with Gasteiger partial charge in [-0.05, 0) is 37.5 Å². The maximum atomic E-state index is 11.0. The molecule has 0 unspecified atom stereocenters. The standard InChI is InChI=1S/C13H15N3O3/c17-13(18)9-4-5-11-12(8-9)16(15-14-11)6-7-19-10-2-1-3-10/h4-5,8,10H,1-3,6-7H2,(H,17,18). The smallest absolute Gasteiger partial charge is 0.335 e. The van der Waals surface area contributed by atoms with Crippen LogP contribution in [0.1, 0.15) is 29.6 Å². The van der Waals surface area contributed by atoms with E-state index in [4.69, 9.17) is 9.84 Å². The summed E-state index contributed by atoms with van der Waals surface area (Å²) in [6.45, 7) is 1.18. The first kappa shape index (κ1) is 12.1. The summed E-state index contributed by atoms with van der Waals surface area (Å²) in [7, 11) is 0. The van der Waals surface area contributed by atoms with Crippen LogP contribution in [0.15, 0.2) is 18.2 Å². The third kappa shape index (κ3) is 2.44. The van der Waals surface area contributed by atoms with Crippen LogP contribution in [0.3, 0.4) is 0 Å². The second-order valence-electron chi connectivity index (χ2n) is 4.74. The number of benzene rings is 1. The number of carboxylic acids is 1. The molecule has 0 radical (unpaired) electrons. The number of aromatic nitrogens is 3. The molecule has 0 amide bonds. The molecule has 6 nitrogen and oxygen atoms in total. The fourth-order valence-electron chi connectivity index (χ4n) is 2.11. The van der Waals surface area contributed by atoms with E-state index in [1.165, 1.54) is 12.5 Å². The van der Waals surface area contributed by atoms with Crippen LogP contribution in [0.5, 0.6) is 0 Å². The van der Waals surface area contributed by atoms with E-state index in [-0.39, 0.29) is 5.56 Å². The summed E-state index contributed by atoms with van der Waals surface area (Å²) in [5.41, 5.74) is 1.68. The van der Waals surface area contributed by atoms with E-state index in [9.17, 15) is 4.79 Å². The van der Waals surface area contributed by atoms with Gasteiger partial charge in [-0.3, -0.25) is 0 Å². The molecule has 6 heteroatoms. The summed E-state index contributed by atoms with van der Waals surface area (Å²) >= 11 is 0. The van der Waals surface area contributed by atoms with Crippen molar-refractivity contribution in [2.75, 3.05) is 6.61 Å². The number of ether oxygens (including phenoxy) is 1. The number of hydrogen-bond donors (Lipinski definition) is 1. The molecule has 1 aromatic carbocycles. The molecule has 1 fully saturated rings. The SMILES string of the molecule is O=C(O)c1ccc2nnn(CCOC3CCC3)c2c1. The minimum atomic E-state index is -0.944. The first-order valence-electron chi connectivity index (χ1n) is 6.42. The van der Waals surface area contributed by atoms with Gasteiger partial charge in [0.15, 0.2) is 0 Å². The largest absolute Gasteiger partial charge is 0.478 e. The molecular weight excluding hydrogens is 246 g/mol. The minimum absolute atomic E-state index is 0.246. The van der Waals surface area contributed by atoms with Crippen LogP contribution >= 0.6 is 0 Å². The molecular formula is C13H15N3O3. The predicted octanol–water partition coefficient (Wildman–Crippen LogP) is 1.70. The van der Waals surface area contributed by atoms with Gasteiger partial charge in [-0.25, -0.2) is 9.48 Å². The van der Waals surface area contributed by atoms with E-state index in [0.717, 1.165) is 18.4 Å². The van der Waals surface area contributed by atoms with Crippen molar-refractivity contribution >= 4 is 17.0 Å². The maximum absolute atomic E-state index is 11.0. The number of carboxylic acid groups (broad SMARTS) is 1. The number of carbonyl (C=O) groups is 1. The number of fused-ring (bicyclic) bond motifs is 1. The van der Waals surface area contributed by atoms with Gasteiger partial charge in [-0.2, -0.15) is 0 Å². The van der Waals surface area contributed by atoms with Crippen LogP contribution in [0.25, 0.3) is 11.0 Å². The molecule has 1 aromatic heterocycles. The number of rotatable bonds is 5. The molecule has 1 aliphatic carbocycles. The van der Waals surface area contributed by atoms with Gasteiger partial charge in [-0.1, -0.05) is 5.21 Å². The van der Waals surface area contributed by atoms with Crippen molar-refractivity contribution in [3.8, 4) is 0 Å². The molecule has 2 aromatic rings. The molecule has 1 heterocycles. The summed E-state index contributed by atoms with van der Waals surface area (Å²) in [5.74, 6) is -0.944. The van der Waals surface area contributed by atoms with Gasteiger partial charge in [0.1, 0.15) is 5.52 Å². The van der Waals surface area contributed by atoms with Gasteiger partial charge in [0, 0.05) is 0 Å². The van der Waals surface area contributed by atoms with Crippen LogP contribution < -0.4 is 0 Å². The van der Waals surface area contributed by atoms with E-state index in [2.05, 4.69) is 10.3 Å². The summed E-state index contributed by atoms with van der Waals surface area (Å²) in [6, 6.07) is 4.81. The lowest BCUT2D eigenvalue weighted by molar-refractivity contribution is -0.00212. The normalized spacial score (nSPS) is 15.6. The third-order valence-corrected chi connectivity index (χ3v) is 3.47. The van der Waals surface area contributed by atoms with Crippen molar-refractivity contribution in [2.45, 2.75) is 31.9 Å². The first-order chi connectivity index (χ1) is 9.24. The van der Waals surface area contributed by atoms with Crippen molar-refractivity contribution in [1.29, 1.82) is 0 Å². The molecule has 100 valence electrons. The van der Waals surface area contributed by atoms with E-state index in [1.54, 1.807) is 16.8 Å². The van der Waals surface area contributed by atoms with Gasteiger partial charge in [-0.15, -0.1) is 5.10 Å². The summed E-state index contributed by atoms with van der Waals surface area (Å²) < 4.78 is 7.37. The lowest BCUT2D eigenvalue weighted by atomic mass is 9.96. The molecule has 1 N–H and O–H groups in total. The van der Waals surface area contributed by atoms with Gasteiger partial charge in [0.2, 0.25) is 0 Å². The predicted molar refractivity (Wildman–Crippen MR) is 68.1 cm³/mol. The summed E-state index contributed by atoms with van der Waals surface area (Å²) in [6.07, 6.45) is 3.92. The number of nitrogens with zero attached hydrogens (tertiary/aromatic N) is 3. The lowest BCUT2D eigenvalue weighted by Crippen LogP contribution is -2.23. The van der Waals surface area contributed by atoms with Crippen molar-refractivity contribution in [2.24, 2.45) is 0 Å². The summed E-state index contributed by atoms with van der Waals surface area (Å²) in [5, 5.41) is 17.0. The van der Waals surface area contributed by atoms with Crippen LogP contribution in [0.2, 0.25) is 0 Å². The lowest BCUT2D eigenvalue weighted by Gasteiger charge is -2.25. The Morgan fingerprint density at radius 2 is 2.32 bits per heavy atom. The highest BCUT2D eigenvalue weighted by atomic mass is 16.5.